The number of hydrogen-bond donors (Lipinski definition) is 2. The number of pyridine rings is 1. The molecular formula is C24H24F2N4O4. The zero-order chi connectivity index (χ0) is 23.9. The number of hydrogen-bond acceptors (Lipinski definition) is 6. The maximum absolute atomic E-state index is 15.2. The van der Waals surface area contributed by atoms with E-state index in [1.165, 1.54) is 19.2 Å². The number of fused-ring (bicyclic) bond motifs is 1. The molecule has 2 N–H and O–H groups in total. The number of anilines is 1. The third-order valence-electron chi connectivity index (χ3n) is 6.50. The monoisotopic (exact) mass is 470 g/mol. The number of rotatable bonds is 4. The molecule has 1 fully saturated rings. The molecule has 2 amide bonds. The summed E-state index contributed by atoms with van der Waals surface area (Å²) in [4.78, 5) is 33.6. The van der Waals surface area contributed by atoms with Gasteiger partial charge in [0.15, 0.2) is 11.4 Å². The van der Waals surface area contributed by atoms with Crippen molar-refractivity contribution in [3.63, 3.8) is 0 Å². The van der Waals surface area contributed by atoms with E-state index >= 15 is 4.39 Å². The summed E-state index contributed by atoms with van der Waals surface area (Å²) in [6, 6.07) is 6.23. The van der Waals surface area contributed by atoms with Gasteiger partial charge in [-0.15, -0.1) is 0 Å². The highest BCUT2D eigenvalue weighted by Gasteiger charge is 2.47. The predicted molar refractivity (Wildman–Crippen MR) is 119 cm³/mol. The average Bonchev–Trinajstić information content (AvgIpc) is 3.31. The zero-order valence-corrected chi connectivity index (χ0v) is 18.6. The summed E-state index contributed by atoms with van der Waals surface area (Å²) in [6.45, 7) is 0.474. The number of benzene rings is 1. The minimum Gasteiger partial charge on any atom is -0.475 e. The quantitative estimate of drug-likeness (QED) is 0.667. The third-order valence-corrected chi connectivity index (χ3v) is 6.50. The Balaban J connectivity index is 1.29. The van der Waals surface area contributed by atoms with Crippen LogP contribution in [0.2, 0.25) is 0 Å². The Morgan fingerprint density at radius 2 is 2.03 bits per heavy atom. The van der Waals surface area contributed by atoms with E-state index < -0.39 is 23.3 Å². The fourth-order valence-corrected chi connectivity index (χ4v) is 4.59. The first-order chi connectivity index (χ1) is 16.4. The van der Waals surface area contributed by atoms with E-state index in [-0.39, 0.29) is 42.5 Å². The van der Waals surface area contributed by atoms with Gasteiger partial charge in [-0.1, -0.05) is 12.1 Å². The fourth-order valence-electron chi connectivity index (χ4n) is 4.59. The van der Waals surface area contributed by atoms with Crippen LogP contribution in [0.1, 0.15) is 47.3 Å². The highest BCUT2D eigenvalue weighted by atomic mass is 19.1. The summed E-state index contributed by atoms with van der Waals surface area (Å²) in [6.07, 6.45) is 4.84. The summed E-state index contributed by atoms with van der Waals surface area (Å²) in [5, 5.41) is 6.65. The van der Waals surface area contributed by atoms with Crippen LogP contribution in [0.4, 0.5) is 14.5 Å². The first kappa shape index (κ1) is 22.4. The largest absolute Gasteiger partial charge is 0.475 e. The molecule has 2 aliphatic heterocycles. The van der Waals surface area contributed by atoms with Crippen molar-refractivity contribution in [1.82, 2.24) is 15.4 Å². The Kier molecular flexibility index (Phi) is 5.78. The van der Waals surface area contributed by atoms with Crippen LogP contribution in [0.3, 0.4) is 0 Å². The van der Waals surface area contributed by atoms with Crippen LogP contribution in [0.15, 0.2) is 30.3 Å². The second kappa shape index (κ2) is 8.77. The highest BCUT2D eigenvalue weighted by molar-refractivity contribution is 6.01. The maximum Gasteiger partial charge on any atom is 0.269 e. The first-order valence-corrected chi connectivity index (χ1v) is 11.2. The van der Waals surface area contributed by atoms with Gasteiger partial charge in [-0.2, -0.15) is 9.45 Å². The van der Waals surface area contributed by atoms with Crippen LogP contribution in [-0.2, 0) is 16.2 Å². The molecule has 178 valence electrons. The van der Waals surface area contributed by atoms with Crippen LogP contribution in [0.5, 0.6) is 5.75 Å². The molecule has 8 nitrogen and oxygen atoms in total. The maximum atomic E-state index is 15.2. The topological polar surface area (TPSA) is 92.8 Å². The number of halogens is 2. The average molecular weight is 470 g/mol. The van der Waals surface area contributed by atoms with E-state index in [4.69, 9.17) is 9.57 Å². The summed E-state index contributed by atoms with van der Waals surface area (Å²) in [7, 11) is 1.44. The molecule has 3 heterocycles. The Bertz CT molecular complexity index is 1190. The number of hydroxylamine groups is 2. The van der Waals surface area contributed by atoms with Crippen LogP contribution in [-0.4, -0.2) is 47.7 Å². The molecule has 0 unspecified atom stereocenters. The second-order valence-electron chi connectivity index (χ2n) is 8.61. The summed E-state index contributed by atoms with van der Waals surface area (Å²) < 4.78 is 35.6. The molecule has 34 heavy (non-hydrogen) atoms. The molecule has 1 aromatic carbocycles. The summed E-state index contributed by atoms with van der Waals surface area (Å²) in [5.74, 6) is -1.75. The molecule has 1 aliphatic carbocycles. The normalized spacial score (nSPS) is 19.3. The van der Waals surface area contributed by atoms with Crippen molar-refractivity contribution in [2.45, 2.75) is 37.8 Å². The summed E-state index contributed by atoms with van der Waals surface area (Å²) >= 11 is 0. The molecule has 1 aromatic heterocycles. The van der Waals surface area contributed by atoms with E-state index in [0.717, 1.165) is 12.8 Å². The van der Waals surface area contributed by atoms with E-state index in [1.54, 1.807) is 23.3 Å². The molecule has 1 saturated carbocycles. The van der Waals surface area contributed by atoms with E-state index in [1.807, 2.05) is 0 Å². The van der Waals surface area contributed by atoms with Crippen molar-refractivity contribution in [2.75, 3.05) is 25.5 Å². The van der Waals surface area contributed by atoms with Crippen LogP contribution < -0.4 is 15.4 Å². The Morgan fingerprint density at radius 3 is 2.71 bits per heavy atom. The lowest BCUT2D eigenvalue weighted by Gasteiger charge is -2.35. The van der Waals surface area contributed by atoms with Gasteiger partial charge >= 0.3 is 0 Å². The molecule has 2 aromatic rings. The first-order valence-electron chi connectivity index (χ1n) is 11.2. The van der Waals surface area contributed by atoms with Crippen molar-refractivity contribution >= 4 is 23.1 Å². The minimum absolute atomic E-state index is 0.0134. The number of carbonyl (C=O) groups excluding carboxylic acids is 2. The lowest BCUT2D eigenvalue weighted by Crippen LogP contribution is -2.49. The minimum atomic E-state index is -0.888. The number of carbonyl (C=O) groups is 2. The molecule has 1 spiro atoms. The number of ether oxygens (including phenoxy) is 1. The SMILES string of the molecule is CNC(=O)c1ccc(C2=CCN(Cc3ccc4c(c3F)NC(=O)C3(CCCC3)O4)OC2)c(F)n1. The van der Waals surface area contributed by atoms with Crippen molar-refractivity contribution in [1.29, 1.82) is 0 Å². The Hall–Kier alpha value is -3.37. The van der Waals surface area contributed by atoms with Gasteiger partial charge in [0.25, 0.3) is 11.8 Å². The lowest BCUT2D eigenvalue weighted by molar-refractivity contribution is -0.151. The van der Waals surface area contributed by atoms with Crippen LogP contribution >= 0.6 is 0 Å². The molecular weight excluding hydrogens is 446 g/mol. The van der Waals surface area contributed by atoms with Crippen LogP contribution in [0, 0.1) is 11.8 Å². The van der Waals surface area contributed by atoms with Gasteiger partial charge in [-0.3, -0.25) is 14.4 Å². The summed E-state index contributed by atoms with van der Waals surface area (Å²) in [5.41, 5.74) is 0.315. The van der Waals surface area contributed by atoms with E-state index in [2.05, 4.69) is 15.6 Å². The van der Waals surface area contributed by atoms with Crippen LogP contribution in [0.25, 0.3) is 5.57 Å². The zero-order valence-electron chi connectivity index (χ0n) is 18.6. The standard InChI is InChI=1S/C24H24F2N4O4/c1-27-22(31)17-6-5-16(21(26)28-17)15-8-11-30(33-13-15)12-14-4-7-18-20(19(14)25)29-23(32)24(34-18)9-2-3-10-24/h4-8H,2-3,9-13H2,1H3,(H,27,31)(H,29,32). The molecule has 0 saturated heterocycles. The van der Waals surface area contributed by atoms with Gasteiger partial charge < -0.3 is 15.4 Å². The third kappa shape index (κ3) is 3.92. The molecule has 5 rings (SSSR count). The molecule has 3 aliphatic rings. The number of amides is 2. The number of nitrogens with one attached hydrogen (secondary N) is 2. The van der Waals surface area contributed by atoms with E-state index in [0.29, 0.717) is 29.7 Å². The lowest BCUT2D eigenvalue weighted by atomic mass is 9.98. The van der Waals surface area contributed by atoms with E-state index in [9.17, 15) is 14.0 Å². The second-order valence-corrected chi connectivity index (χ2v) is 8.61. The fraction of sp³-hybridized carbons (Fsp3) is 0.375. The highest BCUT2D eigenvalue weighted by Crippen LogP contribution is 2.43. The van der Waals surface area contributed by atoms with Crippen molar-refractivity contribution in [3.05, 3.63) is 58.9 Å². The number of aromatic nitrogens is 1. The van der Waals surface area contributed by atoms with Gasteiger partial charge in [0, 0.05) is 24.7 Å². The van der Waals surface area contributed by atoms with Gasteiger partial charge in [0.1, 0.15) is 17.1 Å². The van der Waals surface area contributed by atoms with Gasteiger partial charge in [0.05, 0.1) is 13.2 Å². The van der Waals surface area contributed by atoms with Crippen molar-refractivity contribution < 1.29 is 27.9 Å². The number of nitrogens with zero attached hydrogens (tertiary/aromatic N) is 2. The predicted octanol–water partition coefficient (Wildman–Crippen LogP) is 3.19. The Morgan fingerprint density at radius 1 is 1.24 bits per heavy atom. The van der Waals surface area contributed by atoms with Gasteiger partial charge in [-0.05, 0) is 49.5 Å². The molecule has 0 atom stereocenters. The molecule has 10 heteroatoms. The molecule has 0 bridgehead atoms. The van der Waals surface area contributed by atoms with Crippen molar-refractivity contribution in [3.8, 4) is 5.75 Å². The van der Waals surface area contributed by atoms with Gasteiger partial charge in [0.2, 0.25) is 5.95 Å². The van der Waals surface area contributed by atoms with Crippen molar-refractivity contribution in [2.24, 2.45) is 0 Å². The molecule has 0 radical (unpaired) electrons. The Labute approximate surface area is 194 Å². The van der Waals surface area contributed by atoms with Gasteiger partial charge in [-0.25, -0.2) is 9.37 Å². The smallest absolute Gasteiger partial charge is 0.269 e.